The summed E-state index contributed by atoms with van der Waals surface area (Å²) in [6, 6.07) is 5.73. The number of nitrogens with two attached hydrogens (primary N) is 2. The number of benzene rings is 1. The van der Waals surface area contributed by atoms with E-state index in [1.807, 2.05) is 36.6 Å². The van der Waals surface area contributed by atoms with Crippen LogP contribution in [0.25, 0.3) is 11.0 Å². The van der Waals surface area contributed by atoms with Gasteiger partial charge in [0, 0.05) is 10.9 Å². The van der Waals surface area contributed by atoms with Gasteiger partial charge in [0.15, 0.2) is 0 Å². The average molecular weight is 311 g/mol. The number of nitrogens with zero attached hydrogens (tertiary/aromatic N) is 2. The molecule has 1 heterocycles. The zero-order valence-electron chi connectivity index (χ0n) is 10.3. The van der Waals surface area contributed by atoms with Gasteiger partial charge in [0.1, 0.15) is 0 Å². The third-order valence-electron chi connectivity index (χ3n) is 2.85. The number of hydrogen-bond acceptors (Lipinski definition) is 3. The fraction of sp³-hybridized carbons (Fsp3) is 0.333. The highest BCUT2D eigenvalue weighted by molar-refractivity contribution is 9.10. The Balaban J connectivity index is 2.63. The zero-order valence-corrected chi connectivity index (χ0v) is 11.9. The number of carbonyl (C=O) groups is 1. The quantitative estimate of drug-likeness (QED) is 0.909. The molecule has 0 aliphatic rings. The zero-order chi connectivity index (χ0) is 13.5. The Bertz CT molecular complexity index is 618. The molecule has 2 rings (SSSR count). The van der Waals surface area contributed by atoms with E-state index in [2.05, 4.69) is 20.9 Å². The van der Waals surface area contributed by atoms with Crippen molar-refractivity contribution >= 4 is 38.8 Å². The van der Waals surface area contributed by atoms with Gasteiger partial charge >= 0.3 is 0 Å². The van der Waals surface area contributed by atoms with Gasteiger partial charge in [-0.2, -0.15) is 0 Å². The van der Waals surface area contributed by atoms with Gasteiger partial charge < -0.3 is 16.0 Å². The van der Waals surface area contributed by atoms with Crippen LogP contribution in [-0.4, -0.2) is 15.5 Å². The van der Waals surface area contributed by atoms with Crippen molar-refractivity contribution in [2.24, 2.45) is 5.73 Å². The number of fused-ring (bicyclic) bond motifs is 1. The van der Waals surface area contributed by atoms with Crippen LogP contribution < -0.4 is 11.5 Å². The number of primary amides is 1. The Labute approximate surface area is 113 Å². The summed E-state index contributed by atoms with van der Waals surface area (Å²) in [5.41, 5.74) is 12.4. The summed E-state index contributed by atoms with van der Waals surface area (Å²) in [4.78, 5) is 15.5. The molecule has 0 radical (unpaired) electrons. The number of carbonyl (C=O) groups excluding carboxylic acids is 1. The van der Waals surface area contributed by atoms with Crippen molar-refractivity contribution in [2.45, 2.75) is 25.8 Å². The molecule has 0 fully saturated rings. The molecule has 96 valence electrons. The molecular formula is C12H15BrN4O. The van der Waals surface area contributed by atoms with Crippen molar-refractivity contribution in [3.05, 3.63) is 22.7 Å². The van der Waals surface area contributed by atoms with Crippen molar-refractivity contribution in [2.75, 3.05) is 5.73 Å². The molecule has 5 nitrogen and oxygen atoms in total. The summed E-state index contributed by atoms with van der Waals surface area (Å²) in [5.74, 6) is 0.0210. The molecule has 1 aromatic carbocycles. The molecule has 0 unspecified atom stereocenters. The lowest BCUT2D eigenvalue weighted by molar-refractivity contribution is -0.119. The summed E-state index contributed by atoms with van der Waals surface area (Å²) in [6.45, 7) is 3.83. The highest BCUT2D eigenvalue weighted by Crippen LogP contribution is 2.30. The molecule has 0 atom stereocenters. The Hall–Kier alpha value is -1.56. The Morgan fingerprint density at radius 1 is 1.50 bits per heavy atom. The maximum absolute atomic E-state index is 11.2. The SMILES string of the molecule is CC(C)(CC(N)=O)n1c(N)nc2cc(Br)ccc21. The number of anilines is 1. The molecule has 2 aromatic rings. The minimum Gasteiger partial charge on any atom is -0.370 e. The molecule has 0 spiro atoms. The summed E-state index contributed by atoms with van der Waals surface area (Å²) < 4.78 is 2.78. The monoisotopic (exact) mass is 310 g/mol. The number of amides is 1. The Morgan fingerprint density at radius 3 is 2.78 bits per heavy atom. The van der Waals surface area contributed by atoms with Crippen LogP contribution in [0.3, 0.4) is 0 Å². The van der Waals surface area contributed by atoms with Crippen LogP contribution in [0.5, 0.6) is 0 Å². The Morgan fingerprint density at radius 2 is 2.17 bits per heavy atom. The number of imidazole rings is 1. The molecule has 0 aliphatic heterocycles. The van der Waals surface area contributed by atoms with Gasteiger partial charge in [-0.25, -0.2) is 4.98 Å². The lowest BCUT2D eigenvalue weighted by atomic mass is 9.99. The minimum absolute atomic E-state index is 0.207. The second-order valence-corrected chi connectivity index (χ2v) is 5.81. The molecule has 0 aliphatic carbocycles. The van der Waals surface area contributed by atoms with Crippen LogP contribution in [0.1, 0.15) is 20.3 Å². The van der Waals surface area contributed by atoms with E-state index in [1.54, 1.807) is 0 Å². The van der Waals surface area contributed by atoms with Crippen molar-refractivity contribution in [1.82, 2.24) is 9.55 Å². The van der Waals surface area contributed by atoms with E-state index < -0.39 is 5.54 Å². The summed E-state index contributed by atoms with van der Waals surface area (Å²) in [7, 11) is 0. The molecule has 0 bridgehead atoms. The summed E-state index contributed by atoms with van der Waals surface area (Å²) >= 11 is 3.39. The minimum atomic E-state index is -0.501. The number of halogens is 1. The van der Waals surface area contributed by atoms with Crippen LogP contribution in [0, 0.1) is 0 Å². The largest absolute Gasteiger partial charge is 0.370 e. The highest BCUT2D eigenvalue weighted by Gasteiger charge is 2.27. The first kappa shape index (κ1) is 12.9. The topological polar surface area (TPSA) is 86.9 Å². The van der Waals surface area contributed by atoms with Gasteiger partial charge in [0.05, 0.1) is 16.6 Å². The molecule has 4 N–H and O–H groups in total. The first-order valence-corrected chi connectivity index (χ1v) is 6.33. The maximum atomic E-state index is 11.2. The van der Waals surface area contributed by atoms with Crippen LogP contribution in [-0.2, 0) is 10.3 Å². The molecule has 18 heavy (non-hydrogen) atoms. The third-order valence-corrected chi connectivity index (χ3v) is 3.35. The molecule has 0 saturated heterocycles. The Kier molecular flexibility index (Phi) is 3.06. The second-order valence-electron chi connectivity index (χ2n) is 4.89. The van der Waals surface area contributed by atoms with Crippen LogP contribution >= 0.6 is 15.9 Å². The molecular weight excluding hydrogens is 296 g/mol. The van der Waals surface area contributed by atoms with E-state index in [1.165, 1.54) is 0 Å². The molecule has 1 aromatic heterocycles. The molecule has 0 saturated carbocycles. The third kappa shape index (κ3) is 2.20. The average Bonchev–Trinajstić information content (AvgIpc) is 2.51. The van der Waals surface area contributed by atoms with Gasteiger partial charge in [-0.15, -0.1) is 0 Å². The van der Waals surface area contributed by atoms with E-state index in [9.17, 15) is 4.79 Å². The van der Waals surface area contributed by atoms with Crippen molar-refractivity contribution in [3.8, 4) is 0 Å². The first-order chi connectivity index (χ1) is 8.31. The van der Waals surface area contributed by atoms with Gasteiger partial charge in [-0.05, 0) is 32.0 Å². The van der Waals surface area contributed by atoms with E-state index in [-0.39, 0.29) is 12.3 Å². The maximum Gasteiger partial charge on any atom is 0.219 e. The highest BCUT2D eigenvalue weighted by atomic mass is 79.9. The lowest BCUT2D eigenvalue weighted by Gasteiger charge is -2.27. The number of aromatic nitrogens is 2. The number of hydrogen-bond donors (Lipinski definition) is 2. The fourth-order valence-electron chi connectivity index (χ4n) is 2.21. The van der Waals surface area contributed by atoms with E-state index >= 15 is 0 Å². The van der Waals surface area contributed by atoms with Crippen molar-refractivity contribution in [1.29, 1.82) is 0 Å². The predicted molar refractivity (Wildman–Crippen MR) is 75.0 cm³/mol. The van der Waals surface area contributed by atoms with Gasteiger partial charge in [-0.3, -0.25) is 4.79 Å². The summed E-state index contributed by atoms with van der Waals surface area (Å²) in [5, 5.41) is 0. The van der Waals surface area contributed by atoms with Crippen molar-refractivity contribution in [3.63, 3.8) is 0 Å². The van der Waals surface area contributed by atoms with E-state index in [0.717, 1.165) is 15.5 Å². The van der Waals surface area contributed by atoms with Gasteiger partial charge in [0.25, 0.3) is 0 Å². The normalized spacial score (nSPS) is 11.9. The lowest BCUT2D eigenvalue weighted by Crippen LogP contribution is -2.33. The smallest absolute Gasteiger partial charge is 0.219 e. The standard InChI is InChI=1S/C12H15BrN4O/c1-12(2,6-10(14)18)17-9-4-3-7(13)5-8(9)16-11(17)15/h3-5H,6H2,1-2H3,(H2,14,18)(H2,15,16). The van der Waals surface area contributed by atoms with Gasteiger partial charge in [-0.1, -0.05) is 15.9 Å². The number of rotatable bonds is 3. The van der Waals surface area contributed by atoms with Crippen LogP contribution in [0.15, 0.2) is 22.7 Å². The van der Waals surface area contributed by atoms with Gasteiger partial charge in [0.2, 0.25) is 11.9 Å². The van der Waals surface area contributed by atoms with E-state index in [4.69, 9.17) is 11.5 Å². The van der Waals surface area contributed by atoms with Crippen LogP contribution in [0.4, 0.5) is 5.95 Å². The van der Waals surface area contributed by atoms with Crippen LogP contribution in [0.2, 0.25) is 0 Å². The molecule has 1 amide bonds. The number of nitrogen functional groups attached to an aromatic ring is 1. The predicted octanol–water partition coefficient (Wildman–Crippen LogP) is 1.99. The first-order valence-electron chi connectivity index (χ1n) is 5.53. The summed E-state index contributed by atoms with van der Waals surface area (Å²) in [6.07, 6.45) is 0.207. The van der Waals surface area contributed by atoms with E-state index in [0.29, 0.717) is 5.95 Å². The second kappa shape index (κ2) is 4.28. The molecule has 6 heteroatoms. The fourth-order valence-corrected chi connectivity index (χ4v) is 2.56. The van der Waals surface area contributed by atoms with Crippen molar-refractivity contribution < 1.29 is 4.79 Å².